The Morgan fingerprint density at radius 3 is 2.89 bits per heavy atom. The van der Waals surface area contributed by atoms with E-state index in [0.29, 0.717) is 12.0 Å². The molecule has 4 nitrogen and oxygen atoms in total. The maximum Gasteiger partial charge on any atom is 0.173 e. The van der Waals surface area contributed by atoms with Gasteiger partial charge in [-0.25, -0.2) is 8.42 Å². The van der Waals surface area contributed by atoms with Crippen LogP contribution in [0, 0.1) is 5.92 Å². The average molecular weight is 272 g/mol. The molecule has 1 saturated heterocycles. The van der Waals surface area contributed by atoms with Crippen LogP contribution >= 0.6 is 0 Å². The highest BCUT2D eigenvalue weighted by Gasteiger charge is 2.30. The van der Waals surface area contributed by atoms with Crippen molar-refractivity contribution in [3.63, 3.8) is 0 Å². The van der Waals surface area contributed by atoms with E-state index >= 15 is 0 Å². The maximum atomic E-state index is 11.5. The highest BCUT2D eigenvalue weighted by atomic mass is 32.2. The van der Waals surface area contributed by atoms with Crippen molar-refractivity contribution in [2.75, 3.05) is 25.4 Å². The Kier molecular flexibility index (Phi) is 4.45. The third-order valence-corrected chi connectivity index (χ3v) is 5.55. The molecule has 3 atom stereocenters. The number of rotatable bonds is 3. The Morgan fingerprint density at radius 2 is 2.28 bits per heavy atom. The topological polar surface area (TPSA) is 49.4 Å². The lowest BCUT2D eigenvalue weighted by Gasteiger charge is -2.31. The molecule has 2 aliphatic rings. The molecule has 1 fully saturated rings. The summed E-state index contributed by atoms with van der Waals surface area (Å²) >= 11 is 0. The van der Waals surface area contributed by atoms with Gasteiger partial charge in [-0.15, -0.1) is 0 Å². The lowest BCUT2D eigenvalue weighted by Crippen LogP contribution is -2.45. The summed E-state index contributed by atoms with van der Waals surface area (Å²) in [5.74, 6) is 0.896. The molecule has 2 heterocycles. The summed E-state index contributed by atoms with van der Waals surface area (Å²) in [4.78, 5) is 2.33. The van der Waals surface area contributed by atoms with Crippen molar-refractivity contribution in [3.05, 3.63) is 11.5 Å². The van der Waals surface area contributed by atoms with Gasteiger partial charge in [0.1, 0.15) is 0 Å². The molecule has 18 heavy (non-hydrogen) atoms. The number of hydrogen-bond acceptors (Lipinski definition) is 4. The van der Waals surface area contributed by atoms with Crippen LogP contribution in [0.25, 0.3) is 0 Å². The van der Waals surface area contributed by atoms with Crippen LogP contribution in [-0.4, -0.2) is 50.8 Å². The van der Waals surface area contributed by atoms with E-state index in [1.54, 1.807) is 0 Å². The standard InChI is InChI=1S/C13H24N2O2S/c1-3-11(2)13-9-15(7-4-6-14-13)12-5-8-18(16,17)10-12/h5,8,11-14H,3-4,6-7,9-10H2,1-2H3. The van der Waals surface area contributed by atoms with Crippen LogP contribution < -0.4 is 5.32 Å². The Morgan fingerprint density at radius 1 is 1.50 bits per heavy atom. The zero-order chi connectivity index (χ0) is 13.2. The number of nitrogens with zero attached hydrogens (tertiary/aromatic N) is 1. The van der Waals surface area contributed by atoms with E-state index in [9.17, 15) is 8.42 Å². The molecule has 2 rings (SSSR count). The smallest absolute Gasteiger partial charge is 0.173 e. The largest absolute Gasteiger partial charge is 0.312 e. The first-order chi connectivity index (χ1) is 8.52. The summed E-state index contributed by atoms with van der Waals surface area (Å²) < 4.78 is 23.0. The molecule has 104 valence electrons. The van der Waals surface area contributed by atoms with Crippen molar-refractivity contribution in [2.24, 2.45) is 5.92 Å². The molecule has 3 unspecified atom stereocenters. The van der Waals surface area contributed by atoms with Crippen LogP contribution in [0.1, 0.15) is 26.7 Å². The Bertz CT molecular complexity index is 405. The summed E-state index contributed by atoms with van der Waals surface area (Å²) in [7, 11) is -2.94. The zero-order valence-electron chi connectivity index (χ0n) is 11.3. The minimum atomic E-state index is -2.94. The molecule has 0 aromatic heterocycles. The predicted molar refractivity (Wildman–Crippen MR) is 74.2 cm³/mol. The van der Waals surface area contributed by atoms with E-state index in [1.807, 2.05) is 6.08 Å². The lowest BCUT2D eigenvalue weighted by atomic mass is 9.98. The second-order valence-corrected chi connectivity index (χ2v) is 7.45. The third kappa shape index (κ3) is 3.33. The molecule has 0 bridgehead atoms. The molecule has 5 heteroatoms. The predicted octanol–water partition coefficient (Wildman–Crippen LogP) is 1.01. The molecule has 0 aromatic carbocycles. The highest BCUT2D eigenvalue weighted by molar-refractivity contribution is 7.94. The summed E-state index contributed by atoms with van der Waals surface area (Å²) in [6, 6.07) is 0.565. The second kappa shape index (κ2) is 5.72. The van der Waals surface area contributed by atoms with Crippen molar-refractivity contribution in [1.29, 1.82) is 0 Å². The van der Waals surface area contributed by atoms with Gasteiger partial charge in [0.25, 0.3) is 0 Å². The first kappa shape index (κ1) is 14.0. The van der Waals surface area contributed by atoms with Crippen molar-refractivity contribution >= 4 is 9.84 Å². The quantitative estimate of drug-likeness (QED) is 0.833. The Hall–Kier alpha value is -0.390. The highest BCUT2D eigenvalue weighted by Crippen LogP contribution is 2.19. The van der Waals surface area contributed by atoms with Crippen molar-refractivity contribution in [2.45, 2.75) is 38.8 Å². The fourth-order valence-corrected chi connectivity index (χ4v) is 4.06. The molecule has 0 aliphatic carbocycles. The van der Waals surface area contributed by atoms with Crippen molar-refractivity contribution in [1.82, 2.24) is 10.2 Å². The van der Waals surface area contributed by atoms with E-state index < -0.39 is 9.84 Å². The fourth-order valence-electron chi connectivity index (χ4n) is 2.73. The molecule has 0 radical (unpaired) electrons. The maximum absolute atomic E-state index is 11.5. The van der Waals surface area contributed by atoms with Crippen molar-refractivity contribution < 1.29 is 8.42 Å². The molecule has 0 amide bonds. The monoisotopic (exact) mass is 272 g/mol. The fraction of sp³-hybridized carbons (Fsp3) is 0.846. The van der Waals surface area contributed by atoms with Crippen LogP contribution in [0.5, 0.6) is 0 Å². The van der Waals surface area contributed by atoms with E-state index in [0.717, 1.165) is 32.5 Å². The van der Waals surface area contributed by atoms with Gasteiger partial charge in [-0.05, 0) is 18.9 Å². The van der Waals surface area contributed by atoms with Crippen LogP contribution in [0.2, 0.25) is 0 Å². The minimum absolute atomic E-state index is 0.0847. The third-order valence-electron chi connectivity index (χ3n) is 4.17. The molecule has 2 aliphatic heterocycles. The number of hydrogen-bond donors (Lipinski definition) is 1. The van der Waals surface area contributed by atoms with Crippen molar-refractivity contribution in [3.8, 4) is 0 Å². The van der Waals surface area contributed by atoms with Gasteiger partial charge in [0.05, 0.1) is 5.75 Å². The van der Waals surface area contributed by atoms with Gasteiger partial charge in [0, 0.05) is 30.6 Å². The number of nitrogens with one attached hydrogen (secondary N) is 1. The summed E-state index contributed by atoms with van der Waals surface area (Å²) in [6.07, 6.45) is 4.11. The Balaban J connectivity index is 2.02. The van der Waals surface area contributed by atoms with E-state index in [-0.39, 0.29) is 11.8 Å². The van der Waals surface area contributed by atoms with Gasteiger partial charge in [-0.3, -0.25) is 4.90 Å². The van der Waals surface area contributed by atoms with Crippen LogP contribution in [0.3, 0.4) is 0 Å². The summed E-state index contributed by atoms with van der Waals surface area (Å²) in [5, 5.41) is 4.97. The van der Waals surface area contributed by atoms with Crippen LogP contribution in [-0.2, 0) is 9.84 Å². The van der Waals surface area contributed by atoms with E-state index in [1.165, 1.54) is 5.41 Å². The first-order valence-corrected chi connectivity index (χ1v) is 8.62. The van der Waals surface area contributed by atoms with Gasteiger partial charge in [-0.2, -0.15) is 0 Å². The second-order valence-electron chi connectivity index (χ2n) is 5.52. The SMILES string of the molecule is CCC(C)C1CN(C2C=CS(=O)(=O)C2)CCCN1. The normalized spacial score (nSPS) is 34.3. The van der Waals surface area contributed by atoms with E-state index in [2.05, 4.69) is 24.1 Å². The van der Waals surface area contributed by atoms with Crippen LogP contribution in [0.4, 0.5) is 0 Å². The zero-order valence-corrected chi connectivity index (χ0v) is 12.1. The molecule has 0 aromatic rings. The van der Waals surface area contributed by atoms with Gasteiger partial charge in [-0.1, -0.05) is 26.3 Å². The summed E-state index contributed by atoms with van der Waals surface area (Å²) in [5.41, 5.74) is 0. The molecule has 1 N–H and O–H groups in total. The molecule has 0 saturated carbocycles. The molecular formula is C13H24N2O2S. The van der Waals surface area contributed by atoms with Gasteiger partial charge >= 0.3 is 0 Å². The molecular weight excluding hydrogens is 248 g/mol. The number of sulfone groups is 1. The van der Waals surface area contributed by atoms with Gasteiger partial charge in [0.15, 0.2) is 9.84 Å². The van der Waals surface area contributed by atoms with Gasteiger partial charge < -0.3 is 5.32 Å². The lowest BCUT2D eigenvalue weighted by molar-refractivity contribution is 0.216. The van der Waals surface area contributed by atoms with Crippen LogP contribution in [0.15, 0.2) is 11.5 Å². The average Bonchev–Trinajstić information content (AvgIpc) is 2.56. The van der Waals surface area contributed by atoms with E-state index in [4.69, 9.17) is 0 Å². The summed E-state index contributed by atoms with van der Waals surface area (Å²) in [6.45, 7) is 7.46. The molecule has 0 spiro atoms. The first-order valence-electron chi connectivity index (χ1n) is 6.90. The Labute approximate surface area is 110 Å². The van der Waals surface area contributed by atoms with Gasteiger partial charge in [0.2, 0.25) is 0 Å². The minimum Gasteiger partial charge on any atom is -0.312 e.